The van der Waals surface area contributed by atoms with E-state index in [1.807, 2.05) is 17.7 Å². The molecule has 7 heteroatoms. The van der Waals surface area contributed by atoms with Crippen molar-refractivity contribution >= 4 is 5.91 Å². The van der Waals surface area contributed by atoms with Crippen molar-refractivity contribution in [2.75, 3.05) is 13.1 Å². The van der Waals surface area contributed by atoms with Gasteiger partial charge in [-0.15, -0.1) is 0 Å². The predicted octanol–water partition coefficient (Wildman–Crippen LogP) is 0.820. The molecule has 0 saturated carbocycles. The van der Waals surface area contributed by atoms with E-state index in [0.717, 1.165) is 5.69 Å². The molecule has 2 aromatic heterocycles. The first kappa shape index (κ1) is 14.6. The topological polar surface area (TPSA) is 84.1 Å². The molecule has 7 nitrogen and oxygen atoms in total. The van der Waals surface area contributed by atoms with Gasteiger partial charge in [0.05, 0.1) is 30.4 Å². The van der Waals surface area contributed by atoms with Crippen molar-refractivity contribution < 1.29 is 9.90 Å². The second kappa shape index (κ2) is 6.23. The Morgan fingerprint density at radius 3 is 2.77 bits per heavy atom. The maximum Gasteiger partial charge on any atom is 0.274 e. The lowest BCUT2D eigenvalue weighted by Gasteiger charge is -2.21. The molecule has 0 radical (unpaired) electrons. The molecule has 0 bridgehead atoms. The Kier molecular flexibility index (Phi) is 4.15. The van der Waals surface area contributed by atoms with Crippen LogP contribution in [0.1, 0.15) is 35.1 Å². The smallest absolute Gasteiger partial charge is 0.274 e. The Bertz CT molecular complexity index is 626. The second-order valence-corrected chi connectivity index (χ2v) is 5.56. The standard InChI is InChI=1S/C15H19N5O2/c1-11-8-18-12(9-17-11)15(22)19-5-2-13(14(21)3-6-19)20-7-4-16-10-20/h4,7-10,13-14,21H,2-3,5-6H2,1H3/t13-,14-/m0/s1. The predicted molar refractivity (Wildman–Crippen MR) is 79.2 cm³/mol. The van der Waals surface area contributed by atoms with Gasteiger partial charge in [0.15, 0.2) is 0 Å². The molecular weight excluding hydrogens is 282 g/mol. The zero-order valence-electron chi connectivity index (χ0n) is 12.5. The number of carbonyl (C=O) groups excluding carboxylic acids is 1. The number of hydrogen-bond acceptors (Lipinski definition) is 5. The van der Waals surface area contributed by atoms with Gasteiger partial charge in [0.1, 0.15) is 5.69 Å². The zero-order valence-corrected chi connectivity index (χ0v) is 12.5. The van der Waals surface area contributed by atoms with Crippen LogP contribution in [-0.4, -0.2) is 54.6 Å². The molecule has 0 spiro atoms. The van der Waals surface area contributed by atoms with Gasteiger partial charge in [-0.1, -0.05) is 0 Å². The summed E-state index contributed by atoms with van der Waals surface area (Å²) in [6.45, 7) is 2.92. The van der Waals surface area contributed by atoms with Crippen LogP contribution in [0.4, 0.5) is 0 Å². The molecule has 1 amide bonds. The maximum atomic E-state index is 12.5. The molecule has 1 saturated heterocycles. The van der Waals surface area contributed by atoms with Crippen molar-refractivity contribution in [2.45, 2.75) is 31.9 Å². The van der Waals surface area contributed by atoms with E-state index in [4.69, 9.17) is 0 Å². The Hall–Kier alpha value is -2.28. The first-order valence-corrected chi connectivity index (χ1v) is 7.38. The number of imidazole rings is 1. The van der Waals surface area contributed by atoms with Gasteiger partial charge >= 0.3 is 0 Å². The summed E-state index contributed by atoms with van der Waals surface area (Å²) in [7, 11) is 0. The molecule has 1 aliphatic rings. The number of amides is 1. The van der Waals surface area contributed by atoms with Crippen LogP contribution < -0.4 is 0 Å². The average Bonchev–Trinajstić information content (AvgIpc) is 2.98. The second-order valence-electron chi connectivity index (χ2n) is 5.56. The van der Waals surface area contributed by atoms with Crippen molar-refractivity contribution in [3.8, 4) is 0 Å². The number of aliphatic hydroxyl groups is 1. The molecule has 0 aliphatic carbocycles. The number of nitrogens with zero attached hydrogens (tertiary/aromatic N) is 5. The van der Waals surface area contributed by atoms with Crippen LogP contribution in [0.2, 0.25) is 0 Å². The van der Waals surface area contributed by atoms with E-state index < -0.39 is 6.10 Å². The van der Waals surface area contributed by atoms with Gasteiger partial charge in [-0.25, -0.2) is 9.97 Å². The minimum Gasteiger partial charge on any atom is -0.391 e. The summed E-state index contributed by atoms with van der Waals surface area (Å²) in [5.41, 5.74) is 1.13. The van der Waals surface area contributed by atoms with Crippen LogP contribution in [0.25, 0.3) is 0 Å². The fourth-order valence-electron chi connectivity index (χ4n) is 2.75. The number of aryl methyl sites for hydroxylation is 1. The molecule has 1 fully saturated rings. The van der Waals surface area contributed by atoms with Gasteiger partial charge in [0.25, 0.3) is 5.91 Å². The number of hydrogen-bond donors (Lipinski definition) is 1. The minimum absolute atomic E-state index is 0.0515. The van der Waals surface area contributed by atoms with Gasteiger partial charge in [0.2, 0.25) is 0 Å². The molecule has 3 rings (SSSR count). The van der Waals surface area contributed by atoms with E-state index in [9.17, 15) is 9.90 Å². The first-order chi connectivity index (χ1) is 10.6. The fraction of sp³-hybridized carbons (Fsp3) is 0.467. The van der Waals surface area contributed by atoms with E-state index in [1.165, 1.54) is 6.20 Å². The van der Waals surface area contributed by atoms with E-state index in [1.54, 1.807) is 23.6 Å². The lowest BCUT2D eigenvalue weighted by molar-refractivity contribution is 0.0745. The monoisotopic (exact) mass is 301 g/mol. The molecule has 2 aromatic rings. The highest BCUT2D eigenvalue weighted by Gasteiger charge is 2.28. The van der Waals surface area contributed by atoms with E-state index in [2.05, 4.69) is 15.0 Å². The van der Waals surface area contributed by atoms with Crippen LogP contribution in [0, 0.1) is 6.92 Å². The summed E-state index contributed by atoms with van der Waals surface area (Å²) >= 11 is 0. The summed E-state index contributed by atoms with van der Waals surface area (Å²) < 4.78 is 1.91. The Balaban J connectivity index is 1.72. The minimum atomic E-state index is -0.490. The molecule has 0 unspecified atom stereocenters. The fourth-order valence-corrected chi connectivity index (χ4v) is 2.75. The van der Waals surface area contributed by atoms with Crippen molar-refractivity contribution in [2.24, 2.45) is 0 Å². The summed E-state index contributed by atoms with van der Waals surface area (Å²) in [6, 6.07) is -0.0515. The van der Waals surface area contributed by atoms with Crippen molar-refractivity contribution in [1.82, 2.24) is 24.4 Å². The quantitative estimate of drug-likeness (QED) is 0.888. The maximum absolute atomic E-state index is 12.5. The van der Waals surface area contributed by atoms with Crippen LogP contribution >= 0.6 is 0 Å². The van der Waals surface area contributed by atoms with E-state index in [-0.39, 0.29) is 11.9 Å². The SMILES string of the molecule is Cc1cnc(C(=O)N2CC[C@H](O)[C@@H](n3ccnc3)CC2)cn1. The summed E-state index contributed by atoms with van der Waals surface area (Å²) in [6.07, 6.45) is 9.07. The largest absolute Gasteiger partial charge is 0.391 e. The first-order valence-electron chi connectivity index (χ1n) is 7.38. The molecule has 0 aromatic carbocycles. The number of likely N-dealkylation sites (tertiary alicyclic amines) is 1. The molecule has 22 heavy (non-hydrogen) atoms. The number of carbonyl (C=O) groups is 1. The van der Waals surface area contributed by atoms with Crippen LogP contribution in [0.3, 0.4) is 0 Å². The van der Waals surface area contributed by atoms with Gasteiger partial charge in [-0.2, -0.15) is 0 Å². The van der Waals surface area contributed by atoms with Crippen molar-refractivity contribution in [3.05, 3.63) is 42.5 Å². The lowest BCUT2D eigenvalue weighted by Crippen LogP contribution is -2.33. The zero-order chi connectivity index (χ0) is 15.5. The van der Waals surface area contributed by atoms with Crippen LogP contribution in [0.15, 0.2) is 31.1 Å². The highest BCUT2D eigenvalue weighted by atomic mass is 16.3. The Morgan fingerprint density at radius 1 is 1.27 bits per heavy atom. The number of rotatable bonds is 2. The summed E-state index contributed by atoms with van der Waals surface area (Å²) in [5.74, 6) is -0.133. The summed E-state index contributed by atoms with van der Waals surface area (Å²) in [4.78, 5) is 26.5. The molecule has 116 valence electrons. The van der Waals surface area contributed by atoms with Gasteiger partial charge in [0, 0.05) is 31.7 Å². The highest BCUT2D eigenvalue weighted by Crippen LogP contribution is 2.23. The van der Waals surface area contributed by atoms with E-state index in [0.29, 0.717) is 31.6 Å². The van der Waals surface area contributed by atoms with Crippen LogP contribution in [0.5, 0.6) is 0 Å². The van der Waals surface area contributed by atoms with Gasteiger partial charge < -0.3 is 14.6 Å². The Morgan fingerprint density at radius 2 is 2.09 bits per heavy atom. The van der Waals surface area contributed by atoms with Crippen molar-refractivity contribution in [3.63, 3.8) is 0 Å². The third-order valence-electron chi connectivity index (χ3n) is 4.03. The highest BCUT2D eigenvalue weighted by molar-refractivity contribution is 5.92. The van der Waals surface area contributed by atoms with Gasteiger partial charge in [-0.05, 0) is 19.8 Å². The van der Waals surface area contributed by atoms with E-state index >= 15 is 0 Å². The molecule has 3 heterocycles. The van der Waals surface area contributed by atoms with Gasteiger partial charge in [-0.3, -0.25) is 9.78 Å². The molecule has 2 atom stereocenters. The third-order valence-corrected chi connectivity index (χ3v) is 4.03. The van der Waals surface area contributed by atoms with Crippen LogP contribution in [-0.2, 0) is 0 Å². The average molecular weight is 301 g/mol. The molecule has 1 aliphatic heterocycles. The Labute approximate surface area is 128 Å². The summed E-state index contributed by atoms with van der Waals surface area (Å²) in [5, 5.41) is 10.3. The molecular formula is C15H19N5O2. The van der Waals surface area contributed by atoms with Crippen molar-refractivity contribution in [1.29, 1.82) is 0 Å². The number of aliphatic hydroxyl groups excluding tert-OH is 1. The normalized spacial score (nSPS) is 22.4. The number of aromatic nitrogens is 4. The molecule has 1 N–H and O–H groups in total. The third kappa shape index (κ3) is 2.99. The lowest BCUT2D eigenvalue weighted by atomic mass is 10.1.